The summed E-state index contributed by atoms with van der Waals surface area (Å²) in [6.07, 6.45) is 3.25. The molecule has 1 aromatic rings. The second kappa shape index (κ2) is 8.56. The Morgan fingerprint density at radius 2 is 1.86 bits per heavy atom. The molecule has 2 atom stereocenters. The van der Waals surface area contributed by atoms with Crippen LogP contribution >= 0.6 is 0 Å². The average Bonchev–Trinajstić information content (AvgIpc) is 2.65. The third kappa shape index (κ3) is 4.25. The summed E-state index contributed by atoms with van der Waals surface area (Å²) in [5.41, 5.74) is -0.258. The van der Waals surface area contributed by atoms with Crippen molar-refractivity contribution in [2.24, 2.45) is 5.41 Å². The van der Waals surface area contributed by atoms with E-state index in [9.17, 15) is 14.4 Å². The summed E-state index contributed by atoms with van der Waals surface area (Å²) in [6, 6.07) is 7.06. The Morgan fingerprint density at radius 1 is 1.21 bits per heavy atom. The van der Waals surface area contributed by atoms with E-state index >= 15 is 0 Å². The quantitative estimate of drug-likeness (QED) is 0.553. The predicted octanol–water partition coefficient (Wildman–Crippen LogP) is 2.52. The van der Waals surface area contributed by atoms with Gasteiger partial charge in [0.15, 0.2) is 0 Å². The van der Waals surface area contributed by atoms with Crippen LogP contribution in [0.25, 0.3) is 6.08 Å². The smallest absolute Gasteiger partial charge is 0.332 e. The number of rotatable bonds is 7. The Hall–Kier alpha value is -2.67. The van der Waals surface area contributed by atoms with E-state index in [-0.39, 0.29) is 17.9 Å². The SMILES string of the molecule is CCOC1CC(NC(=O)C=Cc2ccc(NC(C)=O)cc2)(C(=O)OC)C1(C)C. The maximum absolute atomic E-state index is 12.5. The lowest BCUT2D eigenvalue weighted by Gasteiger charge is -2.58. The Morgan fingerprint density at radius 3 is 2.36 bits per heavy atom. The fourth-order valence-corrected chi connectivity index (χ4v) is 3.50. The minimum absolute atomic E-state index is 0.137. The van der Waals surface area contributed by atoms with Crippen LogP contribution in [-0.4, -0.2) is 43.1 Å². The van der Waals surface area contributed by atoms with E-state index in [1.54, 1.807) is 30.3 Å². The third-order valence-corrected chi connectivity index (χ3v) is 5.29. The number of hydrogen-bond donors (Lipinski definition) is 2. The van der Waals surface area contributed by atoms with Crippen LogP contribution in [0.15, 0.2) is 30.3 Å². The molecule has 0 bridgehead atoms. The molecule has 1 saturated carbocycles. The number of nitrogens with one attached hydrogen (secondary N) is 2. The van der Waals surface area contributed by atoms with Gasteiger partial charge in [0.2, 0.25) is 11.8 Å². The van der Waals surface area contributed by atoms with Gasteiger partial charge in [-0.2, -0.15) is 0 Å². The fourth-order valence-electron chi connectivity index (χ4n) is 3.50. The van der Waals surface area contributed by atoms with Crippen molar-refractivity contribution in [3.05, 3.63) is 35.9 Å². The van der Waals surface area contributed by atoms with Crippen molar-refractivity contribution in [3.8, 4) is 0 Å². The summed E-state index contributed by atoms with van der Waals surface area (Å²) in [7, 11) is 1.31. The highest BCUT2D eigenvalue weighted by Gasteiger charge is 2.66. The van der Waals surface area contributed by atoms with Crippen molar-refractivity contribution in [2.75, 3.05) is 19.0 Å². The van der Waals surface area contributed by atoms with Crippen LogP contribution < -0.4 is 10.6 Å². The van der Waals surface area contributed by atoms with Crippen molar-refractivity contribution >= 4 is 29.5 Å². The van der Waals surface area contributed by atoms with Gasteiger partial charge < -0.3 is 20.1 Å². The number of benzene rings is 1. The number of carbonyl (C=O) groups is 3. The maximum atomic E-state index is 12.5. The minimum Gasteiger partial charge on any atom is -0.467 e. The van der Waals surface area contributed by atoms with Crippen LogP contribution in [0.4, 0.5) is 5.69 Å². The molecule has 2 N–H and O–H groups in total. The Balaban J connectivity index is 2.09. The first-order valence-corrected chi connectivity index (χ1v) is 9.24. The monoisotopic (exact) mass is 388 g/mol. The highest BCUT2D eigenvalue weighted by Crippen LogP contribution is 2.52. The first-order valence-electron chi connectivity index (χ1n) is 9.24. The third-order valence-electron chi connectivity index (χ3n) is 5.29. The van der Waals surface area contributed by atoms with Crippen molar-refractivity contribution in [1.29, 1.82) is 0 Å². The van der Waals surface area contributed by atoms with Crippen LogP contribution in [0, 0.1) is 5.41 Å². The summed E-state index contributed by atoms with van der Waals surface area (Å²) in [5.74, 6) is -1.02. The normalized spacial score (nSPS) is 23.0. The molecule has 2 rings (SSSR count). The van der Waals surface area contributed by atoms with Gasteiger partial charge in [-0.15, -0.1) is 0 Å². The minimum atomic E-state index is -1.13. The molecule has 0 spiro atoms. The van der Waals surface area contributed by atoms with Gasteiger partial charge in [-0.1, -0.05) is 26.0 Å². The van der Waals surface area contributed by atoms with Gasteiger partial charge in [0.1, 0.15) is 5.54 Å². The molecule has 152 valence electrons. The molecule has 0 radical (unpaired) electrons. The van der Waals surface area contributed by atoms with Gasteiger partial charge >= 0.3 is 5.97 Å². The Labute approximate surface area is 165 Å². The largest absolute Gasteiger partial charge is 0.467 e. The van der Waals surface area contributed by atoms with Gasteiger partial charge in [0.25, 0.3) is 0 Å². The van der Waals surface area contributed by atoms with Crippen LogP contribution in [0.2, 0.25) is 0 Å². The molecule has 7 nitrogen and oxygen atoms in total. The van der Waals surface area contributed by atoms with Crippen LogP contribution in [0.5, 0.6) is 0 Å². The lowest BCUT2D eigenvalue weighted by molar-refractivity contribution is -0.196. The Kier molecular flexibility index (Phi) is 6.61. The molecule has 0 aromatic heterocycles. The zero-order valence-electron chi connectivity index (χ0n) is 17.0. The maximum Gasteiger partial charge on any atom is 0.332 e. The molecule has 1 aliphatic carbocycles. The zero-order chi connectivity index (χ0) is 20.9. The zero-order valence-corrected chi connectivity index (χ0v) is 17.0. The topological polar surface area (TPSA) is 93.7 Å². The van der Waals surface area contributed by atoms with Crippen molar-refractivity contribution in [1.82, 2.24) is 5.32 Å². The first kappa shape index (κ1) is 21.6. The first-order chi connectivity index (χ1) is 13.2. The van der Waals surface area contributed by atoms with Crippen molar-refractivity contribution in [3.63, 3.8) is 0 Å². The number of hydrogen-bond acceptors (Lipinski definition) is 5. The molecule has 0 heterocycles. The van der Waals surface area contributed by atoms with E-state index in [0.29, 0.717) is 18.7 Å². The molecule has 1 aromatic carbocycles. The van der Waals surface area contributed by atoms with Gasteiger partial charge in [0.05, 0.1) is 13.2 Å². The fraction of sp³-hybridized carbons (Fsp3) is 0.476. The number of anilines is 1. The molecule has 0 saturated heterocycles. The molecule has 2 unspecified atom stereocenters. The van der Waals surface area contributed by atoms with Gasteiger partial charge in [-0.25, -0.2) is 4.79 Å². The molecule has 28 heavy (non-hydrogen) atoms. The van der Waals surface area contributed by atoms with Gasteiger partial charge in [0, 0.05) is 37.1 Å². The Bertz CT molecular complexity index is 770. The van der Waals surface area contributed by atoms with E-state index in [2.05, 4.69) is 10.6 Å². The van der Waals surface area contributed by atoms with Crippen LogP contribution in [-0.2, 0) is 23.9 Å². The van der Waals surface area contributed by atoms with Crippen molar-refractivity contribution < 1.29 is 23.9 Å². The molecular formula is C21H28N2O5. The molecule has 1 fully saturated rings. The number of methoxy groups -OCH3 is 1. The molecule has 2 amide bonds. The second-order valence-corrected chi connectivity index (χ2v) is 7.39. The average molecular weight is 388 g/mol. The summed E-state index contributed by atoms with van der Waals surface area (Å²) < 4.78 is 10.6. The van der Waals surface area contributed by atoms with Crippen LogP contribution in [0.3, 0.4) is 0 Å². The van der Waals surface area contributed by atoms with Crippen LogP contribution in [0.1, 0.15) is 39.7 Å². The van der Waals surface area contributed by atoms with Gasteiger partial charge in [-0.3, -0.25) is 9.59 Å². The molecular weight excluding hydrogens is 360 g/mol. The highest BCUT2D eigenvalue weighted by molar-refractivity contribution is 5.97. The lowest BCUT2D eigenvalue weighted by Crippen LogP contribution is -2.76. The molecule has 0 aliphatic heterocycles. The number of ether oxygens (including phenoxy) is 2. The van der Waals surface area contributed by atoms with E-state index in [1.165, 1.54) is 20.1 Å². The predicted molar refractivity (Wildman–Crippen MR) is 106 cm³/mol. The number of amides is 2. The van der Waals surface area contributed by atoms with E-state index in [0.717, 1.165) is 5.56 Å². The lowest BCUT2D eigenvalue weighted by atomic mass is 9.54. The van der Waals surface area contributed by atoms with Gasteiger partial charge in [-0.05, 0) is 30.7 Å². The number of esters is 1. The molecule has 1 aliphatic rings. The highest BCUT2D eigenvalue weighted by atomic mass is 16.5. The summed E-state index contributed by atoms with van der Waals surface area (Å²) in [6.45, 7) is 7.64. The van der Waals surface area contributed by atoms with E-state index in [4.69, 9.17) is 9.47 Å². The summed E-state index contributed by atoms with van der Waals surface area (Å²) in [4.78, 5) is 36.0. The number of carbonyl (C=O) groups excluding carboxylic acids is 3. The van der Waals surface area contributed by atoms with Crippen molar-refractivity contribution in [2.45, 2.75) is 45.8 Å². The molecule has 7 heteroatoms. The van der Waals surface area contributed by atoms with E-state index in [1.807, 2.05) is 20.8 Å². The summed E-state index contributed by atoms with van der Waals surface area (Å²) >= 11 is 0. The second-order valence-electron chi connectivity index (χ2n) is 7.39. The van der Waals surface area contributed by atoms with E-state index < -0.39 is 16.9 Å². The standard InChI is InChI=1S/C21H28N2O5/c1-6-28-17-13-21(19(26)27-5,20(17,3)4)23-18(25)12-9-15-7-10-16(11-8-15)22-14(2)24/h7-12,17H,6,13H2,1-5H3,(H,22,24)(H,23,25). The summed E-state index contributed by atoms with van der Waals surface area (Å²) in [5, 5.41) is 5.51.